The van der Waals surface area contributed by atoms with Gasteiger partial charge in [-0.1, -0.05) is 6.07 Å². The van der Waals surface area contributed by atoms with Gasteiger partial charge < -0.3 is 19.5 Å². The van der Waals surface area contributed by atoms with Crippen molar-refractivity contribution >= 4 is 17.5 Å². The molecule has 2 amide bonds. The number of benzene rings is 1. The molecule has 5 rings (SSSR count). The third-order valence-electron chi connectivity index (χ3n) is 5.99. The fraction of sp³-hybridized carbons (Fsp3) is 0.318. The standard InChI is InChI=1S/C22H22N6O3/c1-31-17-7-5-16(6-8-17)24-21(29)20-26-25-19-10-14-11-27(12-15(14)13-28(19)20)22(30)18-4-2-3-9-23-18/h2-9,14-15H,10-13H2,1H3,(H,24,29)/t14-,15+/m1/s1. The van der Waals surface area contributed by atoms with Crippen LogP contribution in [0.1, 0.15) is 26.9 Å². The minimum Gasteiger partial charge on any atom is -0.497 e. The first-order chi connectivity index (χ1) is 15.1. The molecule has 2 aliphatic rings. The molecule has 0 aliphatic carbocycles. The van der Waals surface area contributed by atoms with Crippen molar-refractivity contribution in [1.29, 1.82) is 0 Å². The van der Waals surface area contributed by atoms with Crippen molar-refractivity contribution in [1.82, 2.24) is 24.6 Å². The van der Waals surface area contributed by atoms with Crippen molar-refractivity contribution in [2.75, 3.05) is 25.5 Å². The molecule has 9 nitrogen and oxygen atoms in total. The predicted octanol–water partition coefficient (Wildman–Crippen LogP) is 1.88. The number of rotatable bonds is 4. The largest absolute Gasteiger partial charge is 0.497 e. The summed E-state index contributed by atoms with van der Waals surface area (Å²) in [6, 6.07) is 12.5. The Morgan fingerprint density at radius 3 is 2.58 bits per heavy atom. The highest BCUT2D eigenvalue weighted by Crippen LogP contribution is 2.33. The summed E-state index contributed by atoms with van der Waals surface area (Å²) in [5.41, 5.74) is 1.12. The van der Waals surface area contributed by atoms with E-state index in [1.165, 1.54) is 0 Å². The Labute approximate surface area is 179 Å². The van der Waals surface area contributed by atoms with Crippen LogP contribution in [-0.4, -0.2) is 56.7 Å². The van der Waals surface area contributed by atoms with E-state index < -0.39 is 0 Å². The average Bonchev–Trinajstić information content (AvgIpc) is 3.41. The molecule has 1 fully saturated rings. The van der Waals surface area contributed by atoms with Crippen LogP contribution in [0.2, 0.25) is 0 Å². The predicted molar refractivity (Wildman–Crippen MR) is 112 cm³/mol. The van der Waals surface area contributed by atoms with Gasteiger partial charge in [0.25, 0.3) is 11.8 Å². The Balaban J connectivity index is 1.29. The summed E-state index contributed by atoms with van der Waals surface area (Å²) in [5.74, 6) is 2.00. The van der Waals surface area contributed by atoms with Crippen LogP contribution >= 0.6 is 0 Å². The van der Waals surface area contributed by atoms with Crippen molar-refractivity contribution < 1.29 is 14.3 Å². The van der Waals surface area contributed by atoms with Crippen LogP contribution < -0.4 is 10.1 Å². The van der Waals surface area contributed by atoms with Crippen LogP contribution in [0.5, 0.6) is 5.75 Å². The summed E-state index contributed by atoms with van der Waals surface area (Å²) in [7, 11) is 1.59. The number of ether oxygens (including phenoxy) is 1. The molecule has 0 saturated carbocycles. The van der Waals surface area contributed by atoms with Crippen LogP contribution in [0.15, 0.2) is 48.7 Å². The van der Waals surface area contributed by atoms with E-state index in [0.717, 1.165) is 11.6 Å². The fourth-order valence-electron chi connectivity index (χ4n) is 4.37. The zero-order valence-electron chi connectivity index (χ0n) is 17.1. The summed E-state index contributed by atoms with van der Waals surface area (Å²) in [6.07, 6.45) is 2.32. The van der Waals surface area contributed by atoms with E-state index in [4.69, 9.17) is 4.74 Å². The molecule has 3 aromatic rings. The number of aromatic nitrogens is 4. The van der Waals surface area contributed by atoms with Gasteiger partial charge in [-0.15, -0.1) is 10.2 Å². The Morgan fingerprint density at radius 2 is 1.84 bits per heavy atom. The van der Waals surface area contributed by atoms with Crippen LogP contribution in [0.4, 0.5) is 5.69 Å². The van der Waals surface area contributed by atoms with E-state index in [-0.39, 0.29) is 17.7 Å². The summed E-state index contributed by atoms with van der Waals surface area (Å²) in [4.78, 5) is 31.6. The monoisotopic (exact) mass is 418 g/mol. The number of anilines is 1. The maximum absolute atomic E-state index is 12.8. The lowest BCUT2D eigenvalue weighted by molar-refractivity contribution is 0.0777. The van der Waals surface area contributed by atoms with Gasteiger partial charge in [-0.25, -0.2) is 0 Å². The van der Waals surface area contributed by atoms with E-state index in [2.05, 4.69) is 20.5 Å². The van der Waals surface area contributed by atoms with Gasteiger partial charge >= 0.3 is 0 Å². The molecule has 1 N–H and O–H groups in total. The summed E-state index contributed by atoms with van der Waals surface area (Å²) in [5, 5.41) is 11.3. The van der Waals surface area contributed by atoms with Gasteiger partial charge in [-0.3, -0.25) is 14.6 Å². The molecule has 0 spiro atoms. The second kappa shape index (κ2) is 7.82. The van der Waals surface area contributed by atoms with Crippen molar-refractivity contribution in [3.8, 4) is 5.75 Å². The van der Waals surface area contributed by atoms with Crippen molar-refractivity contribution in [3.05, 3.63) is 66.0 Å². The maximum Gasteiger partial charge on any atom is 0.293 e. The Morgan fingerprint density at radius 1 is 1.03 bits per heavy atom. The highest BCUT2D eigenvalue weighted by atomic mass is 16.5. The minimum atomic E-state index is -0.304. The summed E-state index contributed by atoms with van der Waals surface area (Å²) >= 11 is 0. The lowest BCUT2D eigenvalue weighted by Gasteiger charge is -2.25. The minimum absolute atomic E-state index is 0.0526. The second-order valence-electron chi connectivity index (χ2n) is 7.88. The first kappa shape index (κ1) is 19.2. The van der Waals surface area contributed by atoms with Gasteiger partial charge in [0, 0.05) is 37.9 Å². The lowest BCUT2D eigenvalue weighted by atomic mass is 9.89. The zero-order valence-corrected chi connectivity index (χ0v) is 17.1. The molecule has 0 unspecified atom stereocenters. The van der Waals surface area contributed by atoms with Crippen molar-refractivity contribution in [2.24, 2.45) is 11.8 Å². The molecule has 0 bridgehead atoms. The van der Waals surface area contributed by atoms with Gasteiger partial charge in [0.1, 0.15) is 17.3 Å². The Bertz CT molecular complexity index is 1110. The zero-order chi connectivity index (χ0) is 21.4. The molecule has 2 aliphatic heterocycles. The SMILES string of the molecule is COc1ccc(NC(=O)c2nnc3n2C[C@@H]2CN(C(=O)c4ccccn4)C[C@H]2C3)cc1. The van der Waals surface area contributed by atoms with Crippen molar-refractivity contribution in [3.63, 3.8) is 0 Å². The van der Waals surface area contributed by atoms with E-state index in [9.17, 15) is 9.59 Å². The summed E-state index contributed by atoms with van der Waals surface area (Å²) < 4.78 is 7.03. The molecule has 2 aromatic heterocycles. The number of methoxy groups -OCH3 is 1. The topological polar surface area (TPSA) is 102 Å². The number of carbonyl (C=O) groups excluding carboxylic acids is 2. The second-order valence-corrected chi connectivity index (χ2v) is 7.88. The average molecular weight is 418 g/mol. The van der Waals surface area contributed by atoms with Gasteiger partial charge in [-0.05, 0) is 48.2 Å². The van der Waals surface area contributed by atoms with E-state index in [1.807, 2.05) is 15.5 Å². The molecule has 158 valence electrons. The van der Waals surface area contributed by atoms with E-state index in [0.29, 0.717) is 49.2 Å². The molecule has 4 heterocycles. The summed E-state index contributed by atoms with van der Waals surface area (Å²) in [6.45, 7) is 1.92. The third-order valence-corrected chi connectivity index (χ3v) is 5.99. The molecule has 9 heteroatoms. The molecule has 1 aromatic carbocycles. The van der Waals surface area contributed by atoms with E-state index in [1.54, 1.807) is 49.7 Å². The van der Waals surface area contributed by atoms with Crippen LogP contribution in [0.25, 0.3) is 0 Å². The molecule has 2 atom stereocenters. The number of carbonyl (C=O) groups is 2. The quantitative estimate of drug-likeness (QED) is 0.694. The van der Waals surface area contributed by atoms with Gasteiger partial charge in [0.2, 0.25) is 5.82 Å². The number of fused-ring (bicyclic) bond motifs is 2. The van der Waals surface area contributed by atoms with Gasteiger partial charge in [0.15, 0.2) is 0 Å². The number of hydrogen-bond donors (Lipinski definition) is 1. The number of nitrogens with one attached hydrogen (secondary N) is 1. The normalized spacial score (nSPS) is 19.5. The molecular formula is C22H22N6O3. The molecular weight excluding hydrogens is 396 g/mol. The molecule has 1 saturated heterocycles. The Hall–Kier alpha value is -3.75. The number of likely N-dealkylation sites (tertiary alicyclic amines) is 1. The fourth-order valence-corrected chi connectivity index (χ4v) is 4.37. The number of hydrogen-bond acceptors (Lipinski definition) is 6. The molecule has 31 heavy (non-hydrogen) atoms. The van der Waals surface area contributed by atoms with Crippen LogP contribution in [0, 0.1) is 11.8 Å². The van der Waals surface area contributed by atoms with Gasteiger partial charge in [0.05, 0.1) is 7.11 Å². The van der Waals surface area contributed by atoms with Crippen LogP contribution in [-0.2, 0) is 13.0 Å². The highest BCUT2D eigenvalue weighted by Gasteiger charge is 2.41. The Kier molecular flexibility index (Phi) is 4.85. The number of nitrogens with zero attached hydrogens (tertiary/aromatic N) is 5. The van der Waals surface area contributed by atoms with Gasteiger partial charge in [-0.2, -0.15) is 0 Å². The first-order valence-electron chi connectivity index (χ1n) is 10.2. The number of pyridine rings is 1. The highest BCUT2D eigenvalue weighted by molar-refractivity contribution is 6.01. The first-order valence-corrected chi connectivity index (χ1v) is 10.2. The third kappa shape index (κ3) is 3.63. The van der Waals surface area contributed by atoms with Crippen LogP contribution in [0.3, 0.4) is 0 Å². The van der Waals surface area contributed by atoms with E-state index >= 15 is 0 Å². The van der Waals surface area contributed by atoms with Crippen molar-refractivity contribution in [2.45, 2.75) is 13.0 Å². The molecule has 0 radical (unpaired) electrons. The number of amides is 2. The smallest absolute Gasteiger partial charge is 0.293 e. The maximum atomic E-state index is 12.8. The lowest BCUT2D eigenvalue weighted by Crippen LogP contribution is -2.31.